The number of ketones is 1. The van der Waals surface area contributed by atoms with Crippen LogP contribution in [0.25, 0.3) is 0 Å². The second-order valence-electron chi connectivity index (χ2n) is 3.07. The Bertz CT molecular complexity index is 361. The van der Waals surface area contributed by atoms with E-state index in [1.807, 2.05) is 0 Å². The lowest BCUT2D eigenvalue weighted by Crippen LogP contribution is -1.98. The first kappa shape index (κ1) is 10.6. The fourth-order valence-electron chi connectivity index (χ4n) is 1.08. The zero-order valence-electron chi connectivity index (χ0n) is 7.68. The largest absolute Gasteiger partial charge is 0.505 e. The van der Waals surface area contributed by atoms with Gasteiger partial charge in [0.2, 0.25) is 5.82 Å². The van der Waals surface area contributed by atoms with Crippen molar-refractivity contribution in [2.24, 2.45) is 0 Å². The number of carbonyl (C=O) groups is 1. The molecule has 0 spiro atoms. The Kier molecular flexibility index (Phi) is 3.17. The molecule has 0 fully saturated rings. The summed E-state index contributed by atoms with van der Waals surface area (Å²) in [5.74, 6) is -3.13. The number of phenolic OH excluding ortho intramolecular Hbond substituents is 1. The molecule has 0 aliphatic heterocycles. The summed E-state index contributed by atoms with van der Waals surface area (Å²) in [6.45, 7) is 1.38. The summed E-state index contributed by atoms with van der Waals surface area (Å²) >= 11 is 0. The predicted molar refractivity (Wildman–Crippen MR) is 47.0 cm³/mol. The Hall–Kier alpha value is -1.45. The van der Waals surface area contributed by atoms with E-state index in [2.05, 4.69) is 0 Å². The van der Waals surface area contributed by atoms with Crippen molar-refractivity contribution in [3.8, 4) is 5.75 Å². The van der Waals surface area contributed by atoms with Crippen LogP contribution in [0.5, 0.6) is 5.75 Å². The molecule has 2 nitrogen and oxygen atoms in total. The van der Waals surface area contributed by atoms with Crippen molar-refractivity contribution in [2.45, 2.75) is 19.8 Å². The standard InChI is InChI=1S/C10H10F2O2/c1-6(13)2-3-7-4-5-8(14)10(12)9(7)11/h4-5,14H,2-3H2,1H3. The summed E-state index contributed by atoms with van der Waals surface area (Å²) in [5, 5.41) is 8.82. The first-order chi connectivity index (χ1) is 6.52. The van der Waals surface area contributed by atoms with Crippen molar-refractivity contribution < 1.29 is 18.7 Å². The van der Waals surface area contributed by atoms with Crippen molar-refractivity contribution in [3.05, 3.63) is 29.3 Å². The van der Waals surface area contributed by atoms with Crippen molar-refractivity contribution in [3.63, 3.8) is 0 Å². The Balaban J connectivity index is 2.88. The number of hydrogen-bond acceptors (Lipinski definition) is 2. The molecule has 1 rings (SSSR count). The quantitative estimate of drug-likeness (QED) is 0.812. The van der Waals surface area contributed by atoms with E-state index in [0.717, 1.165) is 6.07 Å². The third-order valence-corrected chi connectivity index (χ3v) is 1.89. The molecule has 1 aromatic carbocycles. The van der Waals surface area contributed by atoms with Crippen LogP contribution in [0.4, 0.5) is 8.78 Å². The smallest absolute Gasteiger partial charge is 0.200 e. The molecular formula is C10H10F2O2. The predicted octanol–water partition coefficient (Wildman–Crippen LogP) is 2.19. The number of aromatic hydroxyl groups is 1. The van der Waals surface area contributed by atoms with Gasteiger partial charge in [-0.3, -0.25) is 0 Å². The molecule has 0 heterocycles. The zero-order valence-corrected chi connectivity index (χ0v) is 7.68. The summed E-state index contributed by atoms with van der Waals surface area (Å²) in [5.41, 5.74) is 0.107. The van der Waals surface area contributed by atoms with Gasteiger partial charge >= 0.3 is 0 Å². The van der Waals surface area contributed by atoms with E-state index in [1.54, 1.807) is 0 Å². The van der Waals surface area contributed by atoms with Gasteiger partial charge in [0.15, 0.2) is 11.6 Å². The SMILES string of the molecule is CC(=O)CCc1ccc(O)c(F)c1F. The number of aryl methyl sites for hydroxylation is 1. The third-order valence-electron chi connectivity index (χ3n) is 1.89. The van der Waals surface area contributed by atoms with E-state index in [4.69, 9.17) is 5.11 Å². The number of phenols is 1. The highest BCUT2D eigenvalue weighted by Gasteiger charge is 2.12. The normalized spacial score (nSPS) is 10.2. The molecule has 0 radical (unpaired) electrons. The summed E-state index contributed by atoms with van der Waals surface area (Å²) in [6.07, 6.45) is 0.319. The highest BCUT2D eigenvalue weighted by atomic mass is 19.2. The second-order valence-corrected chi connectivity index (χ2v) is 3.07. The molecule has 14 heavy (non-hydrogen) atoms. The average molecular weight is 200 g/mol. The van der Waals surface area contributed by atoms with Crippen LogP contribution in [-0.2, 0) is 11.2 Å². The van der Waals surface area contributed by atoms with Gasteiger partial charge in [-0.15, -0.1) is 0 Å². The molecule has 0 atom stereocenters. The van der Waals surface area contributed by atoms with E-state index < -0.39 is 17.4 Å². The number of hydrogen-bond donors (Lipinski definition) is 1. The number of benzene rings is 1. The molecule has 1 N–H and O–H groups in total. The second kappa shape index (κ2) is 4.17. The number of rotatable bonds is 3. The maximum Gasteiger partial charge on any atom is 0.200 e. The lowest BCUT2D eigenvalue weighted by Gasteiger charge is -2.03. The van der Waals surface area contributed by atoms with Crippen LogP contribution in [0, 0.1) is 11.6 Å². The zero-order chi connectivity index (χ0) is 10.7. The molecule has 1 aromatic rings. The third kappa shape index (κ3) is 2.28. The van der Waals surface area contributed by atoms with Crippen molar-refractivity contribution >= 4 is 5.78 Å². The van der Waals surface area contributed by atoms with Crippen LogP contribution in [0.2, 0.25) is 0 Å². The minimum absolute atomic E-state index is 0.0853. The first-order valence-corrected chi connectivity index (χ1v) is 4.17. The minimum atomic E-state index is -1.26. The van der Waals surface area contributed by atoms with E-state index in [0.29, 0.717) is 0 Å². The Morgan fingerprint density at radius 3 is 2.57 bits per heavy atom. The molecule has 0 aliphatic rings. The van der Waals surface area contributed by atoms with Gasteiger partial charge in [-0.05, 0) is 25.0 Å². The highest BCUT2D eigenvalue weighted by Crippen LogP contribution is 2.21. The number of Topliss-reactive ketones (excluding diaryl/α,β-unsaturated/α-hetero) is 1. The molecule has 0 aliphatic carbocycles. The molecule has 0 saturated carbocycles. The van der Waals surface area contributed by atoms with Gasteiger partial charge in [0, 0.05) is 6.42 Å². The molecule has 0 aromatic heterocycles. The monoisotopic (exact) mass is 200 g/mol. The summed E-state index contributed by atoms with van der Waals surface area (Å²) in [6, 6.07) is 2.35. The molecular weight excluding hydrogens is 190 g/mol. The molecule has 4 heteroatoms. The van der Waals surface area contributed by atoms with Gasteiger partial charge < -0.3 is 9.90 Å². The van der Waals surface area contributed by atoms with E-state index in [9.17, 15) is 13.6 Å². The van der Waals surface area contributed by atoms with Crippen LogP contribution < -0.4 is 0 Å². The van der Waals surface area contributed by atoms with Gasteiger partial charge in [-0.25, -0.2) is 4.39 Å². The molecule has 0 saturated heterocycles. The minimum Gasteiger partial charge on any atom is -0.505 e. The molecule has 0 unspecified atom stereocenters. The number of halogens is 2. The summed E-state index contributed by atoms with van der Waals surface area (Å²) in [4.78, 5) is 10.6. The van der Waals surface area contributed by atoms with Gasteiger partial charge in [0.1, 0.15) is 5.78 Å². The van der Waals surface area contributed by atoms with E-state index in [1.165, 1.54) is 13.0 Å². The Morgan fingerprint density at radius 2 is 2.00 bits per heavy atom. The fourth-order valence-corrected chi connectivity index (χ4v) is 1.08. The van der Waals surface area contributed by atoms with Gasteiger partial charge in [0.25, 0.3) is 0 Å². The van der Waals surface area contributed by atoms with Crippen molar-refractivity contribution in [1.82, 2.24) is 0 Å². The average Bonchev–Trinajstić information content (AvgIpc) is 2.13. The topological polar surface area (TPSA) is 37.3 Å². The van der Waals surface area contributed by atoms with Crippen LogP contribution in [0.15, 0.2) is 12.1 Å². The van der Waals surface area contributed by atoms with Crippen molar-refractivity contribution in [2.75, 3.05) is 0 Å². The van der Waals surface area contributed by atoms with Crippen LogP contribution in [0.1, 0.15) is 18.9 Å². The van der Waals surface area contributed by atoms with Gasteiger partial charge in [-0.1, -0.05) is 6.07 Å². The molecule has 76 valence electrons. The Labute approximate surface area is 80.2 Å². The van der Waals surface area contributed by atoms with Crippen LogP contribution in [-0.4, -0.2) is 10.9 Å². The summed E-state index contributed by atoms with van der Waals surface area (Å²) in [7, 11) is 0. The molecule has 0 amide bonds. The Morgan fingerprint density at radius 1 is 1.36 bits per heavy atom. The lowest BCUT2D eigenvalue weighted by atomic mass is 10.1. The maximum atomic E-state index is 13.1. The maximum absolute atomic E-state index is 13.1. The summed E-state index contributed by atoms with van der Waals surface area (Å²) < 4.78 is 25.9. The fraction of sp³-hybridized carbons (Fsp3) is 0.300. The first-order valence-electron chi connectivity index (χ1n) is 4.17. The highest BCUT2D eigenvalue weighted by molar-refractivity contribution is 5.75. The van der Waals surface area contributed by atoms with Crippen LogP contribution >= 0.6 is 0 Å². The molecule has 0 bridgehead atoms. The number of carbonyl (C=O) groups excluding carboxylic acids is 1. The van der Waals surface area contributed by atoms with Gasteiger partial charge in [-0.2, -0.15) is 4.39 Å². The van der Waals surface area contributed by atoms with Crippen molar-refractivity contribution in [1.29, 1.82) is 0 Å². The lowest BCUT2D eigenvalue weighted by molar-refractivity contribution is -0.116. The van der Waals surface area contributed by atoms with E-state index >= 15 is 0 Å². The van der Waals surface area contributed by atoms with Crippen LogP contribution in [0.3, 0.4) is 0 Å². The van der Waals surface area contributed by atoms with E-state index in [-0.39, 0.29) is 24.2 Å². The van der Waals surface area contributed by atoms with Gasteiger partial charge in [0.05, 0.1) is 0 Å².